The zero-order valence-corrected chi connectivity index (χ0v) is 13.2. The van der Waals surface area contributed by atoms with Crippen LogP contribution in [0.3, 0.4) is 0 Å². The molecule has 0 bridgehead atoms. The van der Waals surface area contributed by atoms with Crippen LogP contribution in [0, 0.1) is 26.2 Å². The number of rotatable bonds is 3. The second kappa shape index (κ2) is 6.09. The first-order valence-corrected chi connectivity index (χ1v) is 7.42. The number of hydrogen-bond donors (Lipinski definition) is 1. The second-order valence-electron chi connectivity index (χ2n) is 5.33. The van der Waals surface area contributed by atoms with E-state index in [0.717, 1.165) is 28.6 Å². The molecule has 0 atom stereocenters. The van der Waals surface area contributed by atoms with Crippen LogP contribution in [-0.4, -0.2) is 30.2 Å². The van der Waals surface area contributed by atoms with Crippen LogP contribution in [0.5, 0.6) is 11.5 Å². The Morgan fingerprint density at radius 1 is 1.26 bits per heavy atom. The van der Waals surface area contributed by atoms with Crippen LogP contribution in [0.15, 0.2) is 24.3 Å². The van der Waals surface area contributed by atoms with Gasteiger partial charge in [-0.2, -0.15) is 0 Å². The van der Waals surface area contributed by atoms with E-state index in [1.54, 1.807) is 0 Å². The highest BCUT2D eigenvalue weighted by molar-refractivity contribution is 5.96. The molecule has 1 N–H and O–H groups in total. The SMILES string of the molecule is C#CCNC(=O)c1cc(C)n(-c2ccc3c(c2)OCCO3)c1C. The van der Waals surface area contributed by atoms with Gasteiger partial charge in [-0.05, 0) is 32.0 Å². The molecule has 3 rings (SSSR count). The summed E-state index contributed by atoms with van der Waals surface area (Å²) in [5.41, 5.74) is 3.37. The molecule has 0 fully saturated rings. The van der Waals surface area contributed by atoms with Crippen molar-refractivity contribution in [3.63, 3.8) is 0 Å². The van der Waals surface area contributed by atoms with Gasteiger partial charge in [-0.1, -0.05) is 5.92 Å². The van der Waals surface area contributed by atoms with Gasteiger partial charge >= 0.3 is 0 Å². The molecule has 2 aromatic rings. The van der Waals surface area contributed by atoms with Crippen LogP contribution < -0.4 is 14.8 Å². The Morgan fingerprint density at radius 3 is 2.74 bits per heavy atom. The average molecular weight is 310 g/mol. The van der Waals surface area contributed by atoms with E-state index in [1.165, 1.54) is 0 Å². The minimum atomic E-state index is -0.167. The fourth-order valence-corrected chi connectivity index (χ4v) is 2.79. The first-order chi connectivity index (χ1) is 11.1. The number of nitrogens with one attached hydrogen (secondary N) is 1. The molecule has 0 aliphatic carbocycles. The molecule has 118 valence electrons. The molecule has 1 aliphatic heterocycles. The number of hydrogen-bond acceptors (Lipinski definition) is 3. The Morgan fingerprint density at radius 2 is 2.00 bits per heavy atom. The van der Waals surface area contributed by atoms with E-state index < -0.39 is 0 Å². The van der Waals surface area contributed by atoms with Crippen LogP contribution >= 0.6 is 0 Å². The molecular weight excluding hydrogens is 292 g/mol. The average Bonchev–Trinajstić information content (AvgIpc) is 2.87. The van der Waals surface area contributed by atoms with Gasteiger partial charge in [0.1, 0.15) is 13.2 Å². The number of carbonyl (C=O) groups excluding carboxylic acids is 1. The number of carbonyl (C=O) groups is 1. The molecule has 0 spiro atoms. The maximum Gasteiger partial charge on any atom is 0.253 e. The Labute approximate surface area is 135 Å². The quantitative estimate of drug-likeness (QED) is 0.885. The van der Waals surface area contributed by atoms with Gasteiger partial charge < -0.3 is 19.4 Å². The van der Waals surface area contributed by atoms with Crippen LogP contribution in [0.25, 0.3) is 5.69 Å². The van der Waals surface area contributed by atoms with Crippen molar-refractivity contribution in [3.05, 3.63) is 41.2 Å². The number of nitrogens with zero attached hydrogens (tertiary/aromatic N) is 1. The lowest BCUT2D eigenvalue weighted by atomic mass is 10.2. The number of aryl methyl sites for hydroxylation is 1. The highest BCUT2D eigenvalue weighted by Gasteiger charge is 2.18. The van der Waals surface area contributed by atoms with Crippen molar-refractivity contribution in [2.45, 2.75) is 13.8 Å². The van der Waals surface area contributed by atoms with E-state index in [4.69, 9.17) is 15.9 Å². The van der Waals surface area contributed by atoms with Gasteiger partial charge in [0.25, 0.3) is 5.91 Å². The van der Waals surface area contributed by atoms with Gasteiger partial charge in [0.15, 0.2) is 11.5 Å². The molecule has 0 saturated carbocycles. The molecule has 23 heavy (non-hydrogen) atoms. The molecule has 0 unspecified atom stereocenters. The highest BCUT2D eigenvalue weighted by atomic mass is 16.6. The summed E-state index contributed by atoms with van der Waals surface area (Å²) in [5.74, 6) is 3.71. The highest BCUT2D eigenvalue weighted by Crippen LogP contribution is 2.33. The third kappa shape index (κ3) is 2.76. The predicted molar refractivity (Wildman–Crippen MR) is 87.4 cm³/mol. The lowest BCUT2D eigenvalue weighted by Crippen LogP contribution is -2.24. The molecule has 1 aromatic carbocycles. The van der Waals surface area contributed by atoms with Crippen molar-refractivity contribution in [2.75, 3.05) is 19.8 Å². The Bertz CT molecular complexity index is 799. The zero-order chi connectivity index (χ0) is 16.4. The van der Waals surface area contributed by atoms with Crippen molar-refractivity contribution >= 4 is 5.91 Å². The van der Waals surface area contributed by atoms with E-state index in [1.807, 2.05) is 42.7 Å². The van der Waals surface area contributed by atoms with Crippen molar-refractivity contribution in [1.29, 1.82) is 0 Å². The molecule has 5 nitrogen and oxygen atoms in total. The molecule has 1 aromatic heterocycles. The molecule has 1 aliphatic rings. The number of ether oxygens (including phenoxy) is 2. The number of fused-ring (bicyclic) bond motifs is 1. The smallest absolute Gasteiger partial charge is 0.253 e. The maximum absolute atomic E-state index is 12.2. The van der Waals surface area contributed by atoms with Crippen molar-refractivity contribution in [1.82, 2.24) is 9.88 Å². The number of benzene rings is 1. The number of amides is 1. The summed E-state index contributed by atoms with van der Waals surface area (Å²) in [6.45, 7) is 5.19. The van der Waals surface area contributed by atoms with Crippen LogP contribution in [-0.2, 0) is 0 Å². The third-order valence-corrected chi connectivity index (χ3v) is 3.81. The number of aromatic nitrogens is 1. The fraction of sp³-hybridized carbons (Fsp3) is 0.278. The second-order valence-corrected chi connectivity index (χ2v) is 5.33. The van der Waals surface area contributed by atoms with Crippen LogP contribution in [0.4, 0.5) is 0 Å². The zero-order valence-electron chi connectivity index (χ0n) is 13.2. The Balaban J connectivity index is 1.99. The minimum absolute atomic E-state index is 0.167. The Kier molecular flexibility index (Phi) is 3.98. The summed E-state index contributed by atoms with van der Waals surface area (Å²) < 4.78 is 13.2. The van der Waals surface area contributed by atoms with Gasteiger partial charge in [0.05, 0.1) is 12.1 Å². The molecule has 0 saturated heterocycles. The number of terminal acetylenes is 1. The fourth-order valence-electron chi connectivity index (χ4n) is 2.79. The van der Waals surface area contributed by atoms with Gasteiger partial charge in [-0.3, -0.25) is 4.79 Å². The van der Waals surface area contributed by atoms with E-state index in [2.05, 4.69) is 11.2 Å². The summed E-state index contributed by atoms with van der Waals surface area (Å²) in [6, 6.07) is 7.63. The van der Waals surface area contributed by atoms with E-state index >= 15 is 0 Å². The molecular formula is C18H18N2O3. The van der Waals surface area contributed by atoms with Gasteiger partial charge in [-0.25, -0.2) is 0 Å². The van der Waals surface area contributed by atoms with Crippen molar-refractivity contribution < 1.29 is 14.3 Å². The van der Waals surface area contributed by atoms with E-state index in [9.17, 15) is 4.79 Å². The largest absolute Gasteiger partial charge is 0.486 e. The monoisotopic (exact) mass is 310 g/mol. The van der Waals surface area contributed by atoms with Crippen LogP contribution in [0.1, 0.15) is 21.7 Å². The Hall–Kier alpha value is -2.87. The van der Waals surface area contributed by atoms with Crippen molar-refractivity contribution in [3.8, 4) is 29.5 Å². The summed E-state index contributed by atoms with van der Waals surface area (Å²) in [6.07, 6.45) is 5.19. The summed E-state index contributed by atoms with van der Waals surface area (Å²) in [5, 5.41) is 2.70. The minimum Gasteiger partial charge on any atom is -0.486 e. The lowest BCUT2D eigenvalue weighted by molar-refractivity contribution is 0.0958. The lowest BCUT2D eigenvalue weighted by Gasteiger charge is -2.20. The topological polar surface area (TPSA) is 52.5 Å². The van der Waals surface area contributed by atoms with Gasteiger partial charge in [-0.15, -0.1) is 6.42 Å². The summed E-state index contributed by atoms with van der Waals surface area (Å²) in [7, 11) is 0. The van der Waals surface area contributed by atoms with E-state index in [-0.39, 0.29) is 12.5 Å². The van der Waals surface area contributed by atoms with Crippen LogP contribution in [0.2, 0.25) is 0 Å². The summed E-state index contributed by atoms with van der Waals surface area (Å²) in [4.78, 5) is 12.2. The van der Waals surface area contributed by atoms with Gasteiger partial charge in [0, 0.05) is 23.1 Å². The summed E-state index contributed by atoms with van der Waals surface area (Å²) >= 11 is 0. The molecule has 5 heteroatoms. The predicted octanol–water partition coefficient (Wildman–Crippen LogP) is 2.23. The van der Waals surface area contributed by atoms with E-state index in [0.29, 0.717) is 18.8 Å². The normalized spacial score (nSPS) is 12.6. The molecule has 1 amide bonds. The first-order valence-electron chi connectivity index (χ1n) is 7.42. The molecule has 2 heterocycles. The standard InChI is InChI=1S/C18H18N2O3/c1-4-7-19-18(21)15-10-12(2)20(13(15)3)14-5-6-16-17(11-14)23-9-8-22-16/h1,5-6,10-11H,7-9H2,2-3H3,(H,19,21). The molecule has 0 radical (unpaired) electrons. The maximum atomic E-state index is 12.2. The third-order valence-electron chi connectivity index (χ3n) is 3.81. The van der Waals surface area contributed by atoms with Gasteiger partial charge in [0.2, 0.25) is 0 Å². The van der Waals surface area contributed by atoms with Crippen molar-refractivity contribution in [2.24, 2.45) is 0 Å². The first kappa shape index (κ1) is 15.0.